The molecule has 1 heterocycles. The number of carbonyl (C=O) groups is 1. The Bertz CT molecular complexity index is 465. The van der Waals surface area contributed by atoms with Gasteiger partial charge in [-0.1, -0.05) is 29.5 Å². The van der Waals surface area contributed by atoms with E-state index in [0.717, 1.165) is 17.1 Å². The highest BCUT2D eigenvalue weighted by atomic mass is 32.1. The van der Waals surface area contributed by atoms with Gasteiger partial charge >= 0.3 is 0 Å². The molecule has 0 radical (unpaired) electrons. The maximum atomic E-state index is 10.5. The van der Waals surface area contributed by atoms with Crippen LogP contribution >= 0.6 is 11.3 Å². The van der Waals surface area contributed by atoms with E-state index in [1.807, 2.05) is 30.3 Å². The first kappa shape index (κ1) is 11.7. The second-order valence-corrected chi connectivity index (χ2v) is 4.36. The summed E-state index contributed by atoms with van der Waals surface area (Å²) >= 11 is 1.33. The fourth-order valence-electron chi connectivity index (χ4n) is 1.29. The highest BCUT2D eigenvalue weighted by molar-refractivity contribution is 7.15. The molecule has 0 aliphatic rings. The summed E-state index contributed by atoms with van der Waals surface area (Å²) in [7, 11) is 0. The molecule has 2 rings (SSSR count). The number of aldehydes is 1. The van der Waals surface area contributed by atoms with Crippen LogP contribution in [0.25, 0.3) is 0 Å². The molecule has 0 unspecified atom stereocenters. The van der Waals surface area contributed by atoms with Crippen molar-refractivity contribution in [2.45, 2.75) is 0 Å². The average Bonchev–Trinajstić information content (AvgIpc) is 2.84. The van der Waals surface area contributed by atoms with E-state index >= 15 is 0 Å². The molecule has 0 bridgehead atoms. The molecule has 3 nitrogen and oxygen atoms in total. The third kappa shape index (κ3) is 3.60. The van der Waals surface area contributed by atoms with Crippen molar-refractivity contribution >= 4 is 17.6 Å². The highest BCUT2D eigenvalue weighted by Gasteiger charge is 1.99. The van der Waals surface area contributed by atoms with Gasteiger partial charge < -0.3 is 9.47 Å². The van der Waals surface area contributed by atoms with Crippen LogP contribution in [0.1, 0.15) is 9.67 Å². The zero-order valence-electron chi connectivity index (χ0n) is 9.17. The summed E-state index contributed by atoms with van der Waals surface area (Å²) < 4.78 is 10.9. The van der Waals surface area contributed by atoms with Gasteiger partial charge in [0.05, 0.1) is 4.88 Å². The molecule has 2 aromatic rings. The van der Waals surface area contributed by atoms with Crippen molar-refractivity contribution < 1.29 is 14.3 Å². The minimum atomic E-state index is 0.466. The molecule has 0 aliphatic heterocycles. The summed E-state index contributed by atoms with van der Waals surface area (Å²) in [5, 5.41) is 0.740. The van der Waals surface area contributed by atoms with Crippen LogP contribution in [0.3, 0.4) is 0 Å². The van der Waals surface area contributed by atoms with E-state index in [2.05, 4.69) is 0 Å². The van der Waals surface area contributed by atoms with Crippen LogP contribution in [0, 0.1) is 0 Å². The summed E-state index contributed by atoms with van der Waals surface area (Å²) in [6, 6.07) is 13.1. The quantitative estimate of drug-likeness (QED) is 0.582. The zero-order chi connectivity index (χ0) is 11.9. The summed E-state index contributed by atoms with van der Waals surface area (Å²) in [6.45, 7) is 0.950. The van der Waals surface area contributed by atoms with Gasteiger partial charge in [0.2, 0.25) is 0 Å². The number of hydrogen-bond acceptors (Lipinski definition) is 4. The first-order chi connectivity index (χ1) is 8.38. The topological polar surface area (TPSA) is 35.5 Å². The van der Waals surface area contributed by atoms with Crippen molar-refractivity contribution in [1.82, 2.24) is 0 Å². The molecule has 0 amide bonds. The van der Waals surface area contributed by atoms with Crippen molar-refractivity contribution in [3.05, 3.63) is 47.3 Å². The Balaban J connectivity index is 1.71. The van der Waals surface area contributed by atoms with E-state index in [1.165, 1.54) is 11.3 Å². The second-order valence-electron chi connectivity index (χ2n) is 3.28. The number of ether oxygens (including phenoxy) is 2. The van der Waals surface area contributed by atoms with E-state index in [1.54, 1.807) is 12.1 Å². The lowest BCUT2D eigenvalue weighted by molar-refractivity contribution is 0.112. The normalized spacial score (nSPS) is 9.88. The maximum Gasteiger partial charge on any atom is 0.174 e. The summed E-state index contributed by atoms with van der Waals surface area (Å²) in [5.41, 5.74) is 0. The number of thiophene rings is 1. The van der Waals surface area contributed by atoms with Crippen LogP contribution in [-0.4, -0.2) is 19.5 Å². The number of para-hydroxylation sites is 1. The Morgan fingerprint density at radius 2 is 1.76 bits per heavy atom. The van der Waals surface area contributed by atoms with Crippen LogP contribution in [0.4, 0.5) is 0 Å². The van der Waals surface area contributed by atoms with Gasteiger partial charge in [-0.25, -0.2) is 0 Å². The molecule has 0 spiro atoms. The van der Waals surface area contributed by atoms with Crippen LogP contribution in [0.5, 0.6) is 10.8 Å². The largest absolute Gasteiger partial charge is 0.490 e. The standard InChI is InChI=1S/C13H12O3S/c14-10-12-6-7-13(17-12)16-9-8-15-11-4-2-1-3-5-11/h1-7,10H,8-9H2. The lowest BCUT2D eigenvalue weighted by Gasteiger charge is -2.06. The predicted molar refractivity (Wildman–Crippen MR) is 67.1 cm³/mol. The first-order valence-corrected chi connectivity index (χ1v) is 6.06. The number of benzene rings is 1. The Kier molecular flexibility index (Phi) is 4.16. The van der Waals surface area contributed by atoms with Crippen LogP contribution < -0.4 is 9.47 Å². The highest BCUT2D eigenvalue weighted by Crippen LogP contribution is 2.22. The van der Waals surface area contributed by atoms with Gasteiger partial charge in [-0.2, -0.15) is 0 Å². The molecule has 0 saturated heterocycles. The molecule has 0 fully saturated rings. The van der Waals surface area contributed by atoms with Crippen molar-refractivity contribution in [1.29, 1.82) is 0 Å². The molecule has 0 saturated carbocycles. The molecule has 0 N–H and O–H groups in total. The minimum absolute atomic E-state index is 0.466. The van der Waals surface area contributed by atoms with Gasteiger partial charge in [0.15, 0.2) is 11.3 Å². The molecule has 0 atom stereocenters. The SMILES string of the molecule is O=Cc1ccc(OCCOc2ccccc2)s1. The van der Waals surface area contributed by atoms with Gasteiger partial charge in [0.1, 0.15) is 19.0 Å². The smallest absolute Gasteiger partial charge is 0.174 e. The fourth-order valence-corrected chi connectivity index (χ4v) is 1.99. The van der Waals surface area contributed by atoms with Crippen molar-refractivity contribution in [3.8, 4) is 10.8 Å². The van der Waals surface area contributed by atoms with Gasteiger partial charge in [-0.3, -0.25) is 4.79 Å². The van der Waals surface area contributed by atoms with Gasteiger partial charge in [-0.15, -0.1) is 0 Å². The second kappa shape index (κ2) is 6.06. The van der Waals surface area contributed by atoms with E-state index in [9.17, 15) is 4.79 Å². The maximum absolute atomic E-state index is 10.5. The van der Waals surface area contributed by atoms with Crippen molar-refractivity contribution in [2.24, 2.45) is 0 Å². The summed E-state index contributed by atoms with van der Waals surface area (Å²) in [6.07, 6.45) is 0.817. The zero-order valence-corrected chi connectivity index (χ0v) is 9.98. The average molecular weight is 248 g/mol. The van der Waals surface area contributed by atoms with E-state index in [-0.39, 0.29) is 0 Å². The fraction of sp³-hybridized carbons (Fsp3) is 0.154. The lowest BCUT2D eigenvalue weighted by atomic mass is 10.3. The molecule has 88 valence electrons. The molecular weight excluding hydrogens is 236 g/mol. The molecule has 4 heteroatoms. The lowest BCUT2D eigenvalue weighted by Crippen LogP contribution is -2.08. The van der Waals surface area contributed by atoms with Crippen LogP contribution in [-0.2, 0) is 0 Å². The molecule has 17 heavy (non-hydrogen) atoms. The minimum Gasteiger partial charge on any atom is -0.490 e. The van der Waals surface area contributed by atoms with Gasteiger partial charge in [-0.05, 0) is 24.3 Å². The van der Waals surface area contributed by atoms with Crippen LogP contribution in [0.15, 0.2) is 42.5 Å². The van der Waals surface area contributed by atoms with Crippen molar-refractivity contribution in [2.75, 3.05) is 13.2 Å². The van der Waals surface area contributed by atoms with Crippen LogP contribution in [0.2, 0.25) is 0 Å². The summed E-state index contributed by atoms with van der Waals surface area (Å²) in [5.74, 6) is 0.830. The Morgan fingerprint density at radius 1 is 1.00 bits per heavy atom. The number of hydrogen-bond donors (Lipinski definition) is 0. The molecule has 1 aromatic heterocycles. The summed E-state index contributed by atoms with van der Waals surface area (Å²) in [4.78, 5) is 11.1. The Hall–Kier alpha value is -1.81. The predicted octanol–water partition coefficient (Wildman–Crippen LogP) is 3.02. The Labute approximate surface area is 104 Å². The van der Waals surface area contributed by atoms with Crippen molar-refractivity contribution in [3.63, 3.8) is 0 Å². The third-order valence-electron chi connectivity index (χ3n) is 2.06. The third-order valence-corrected chi connectivity index (χ3v) is 2.98. The van der Waals surface area contributed by atoms with E-state index in [0.29, 0.717) is 18.1 Å². The number of carbonyl (C=O) groups excluding carboxylic acids is 1. The molecule has 1 aromatic carbocycles. The van der Waals surface area contributed by atoms with E-state index < -0.39 is 0 Å². The van der Waals surface area contributed by atoms with E-state index in [4.69, 9.17) is 9.47 Å². The van der Waals surface area contributed by atoms with Gasteiger partial charge in [0.25, 0.3) is 0 Å². The number of rotatable bonds is 6. The molecule has 0 aliphatic carbocycles. The Morgan fingerprint density at radius 3 is 2.47 bits per heavy atom. The molecular formula is C13H12O3S. The van der Waals surface area contributed by atoms with Gasteiger partial charge in [0, 0.05) is 0 Å². The first-order valence-electron chi connectivity index (χ1n) is 5.24. The monoisotopic (exact) mass is 248 g/mol.